The second kappa shape index (κ2) is 3.57. The normalized spacial score (nSPS) is 9.67. The van der Waals surface area contributed by atoms with E-state index in [9.17, 15) is 0 Å². The van der Waals surface area contributed by atoms with Gasteiger partial charge in [-0.05, 0) is 0 Å². The molecule has 0 saturated heterocycles. The van der Waals surface area contributed by atoms with Crippen LogP contribution < -0.4 is 0 Å². The van der Waals surface area contributed by atoms with Gasteiger partial charge in [0.25, 0.3) is 0 Å². The quantitative estimate of drug-likeness (QED) is 0.506. The Morgan fingerprint density at radius 2 is 1.17 bits per heavy atom. The van der Waals surface area contributed by atoms with E-state index >= 15 is 0 Å². The summed E-state index contributed by atoms with van der Waals surface area (Å²) in [5.41, 5.74) is 0. The summed E-state index contributed by atoms with van der Waals surface area (Å²) in [5.74, 6) is 0. The Morgan fingerprint density at radius 3 is 1.17 bits per heavy atom. The average molecular weight is 356 g/mol. The predicted molar refractivity (Wildman–Crippen MR) is 11.6 cm³/mol. The molecule has 2 N–H and O–H groups in total. The second-order valence-electron chi connectivity index (χ2n) is 0.448. The van der Waals surface area contributed by atoms with Gasteiger partial charge in [-0.25, -0.2) is 0 Å². The Morgan fingerprint density at radius 1 is 1.17 bits per heavy atom. The minimum atomic E-state index is -5.52. The molecular formula is H2DyO4Te. The van der Waals surface area contributed by atoms with Crippen LogP contribution in [-0.4, -0.2) is 25.9 Å². The number of rotatable bonds is 0. The van der Waals surface area contributed by atoms with E-state index in [1.165, 1.54) is 0 Å². The minimum absolute atomic E-state index is 0. The number of hydrogen-bond donors (Lipinski definition) is 2. The fraction of sp³-hybridized carbons (Fsp3) is 0. The topological polar surface area (TPSA) is 74.6 Å². The Bertz CT molecular complexity index is 90.7. The smallest absolute Gasteiger partial charge is 0 e. The Hall–Kier alpha value is 1.58. The van der Waals surface area contributed by atoms with Gasteiger partial charge in [-0.15, -0.1) is 0 Å². The van der Waals surface area contributed by atoms with Gasteiger partial charge in [0, 0.05) is 38.2 Å². The molecule has 0 unspecified atom stereocenters. The summed E-state index contributed by atoms with van der Waals surface area (Å²) in [7, 11) is 0. The first-order chi connectivity index (χ1) is 2.00. The summed E-state index contributed by atoms with van der Waals surface area (Å²) in [5, 5.41) is 0. The molecular weight excluding hydrogens is 354 g/mol. The van der Waals surface area contributed by atoms with Gasteiger partial charge in [0.15, 0.2) is 0 Å². The van der Waals surface area contributed by atoms with Crippen LogP contribution in [0.4, 0.5) is 0 Å². The van der Waals surface area contributed by atoms with Gasteiger partial charge in [-0.2, -0.15) is 0 Å². The fourth-order valence-electron chi connectivity index (χ4n) is 0. The summed E-state index contributed by atoms with van der Waals surface area (Å²) < 4.78 is 32.0. The van der Waals surface area contributed by atoms with Gasteiger partial charge in [-0.1, -0.05) is 0 Å². The van der Waals surface area contributed by atoms with E-state index in [0.717, 1.165) is 0 Å². The van der Waals surface area contributed by atoms with Gasteiger partial charge in [0.1, 0.15) is 0 Å². The van der Waals surface area contributed by atoms with Crippen molar-refractivity contribution in [2.75, 3.05) is 0 Å². The van der Waals surface area contributed by atoms with Gasteiger partial charge in [0.2, 0.25) is 0 Å². The Labute approximate surface area is 69.2 Å². The maximum Gasteiger partial charge on any atom is 0 e. The van der Waals surface area contributed by atoms with Gasteiger partial charge < -0.3 is 0 Å². The van der Waals surface area contributed by atoms with Crippen molar-refractivity contribution in [3.63, 3.8) is 0 Å². The predicted octanol–water partition coefficient (Wildman–Crippen LogP) is -1.73. The SMILES string of the molecule is O=[Te](=O)(O)O.[Dy]. The van der Waals surface area contributed by atoms with Crippen LogP contribution in [0, 0.1) is 38.2 Å². The van der Waals surface area contributed by atoms with E-state index in [1.807, 2.05) is 0 Å². The molecule has 6 heteroatoms. The molecule has 0 bridgehead atoms. The molecule has 6 heavy (non-hydrogen) atoms. The first kappa shape index (κ1) is 10.5. The molecule has 0 aromatic rings. The molecule has 0 rings (SSSR count). The van der Waals surface area contributed by atoms with Gasteiger partial charge in [0.05, 0.1) is 0 Å². The third-order valence-corrected chi connectivity index (χ3v) is 0. The Kier molecular flexibility index (Phi) is 6.27. The van der Waals surface area contributed by atoms with E-state index in [-0.39, 0.29) is 38.2 Å². The monoisotopic (exact) mass is 360 g/mol. The zero-order chi connectivity index (χ0) is 4.50. The first-order valence-electron chi connectivity index (χ1n) is 0.698. The second-order valence-corrected chi connectivity index (χ2v) is 3.00. The van der Waals surface area contributed by atoms with Crippen LogP contribution in [0.25, 0.3) is 0 Å². The third kappa shape index (κ3) is 46.8. The van der Waals surface area contributed by atoms with Crippen molar-refractivity contribution in [2.24, 2.45) is 0 Å². The van der Waals surface area contributed by atoms with Crippen LogP contribution in [0.5, 0.6) is 0 Å². The summed E-state index contributed by atoms with van der Waals surface area (Å²) in [6.07, 6.45) is 0. The van der Waals surface area contributed by atoms with Crippen molar-refractivity contribution < 1.29 is 51.3 Å². The van der Waals surface area contributed by atoms with Crippen LogP contribution in [0.15, 0.2) is 0 Å². The van der Waals surface area contributed by atoms with Crippen LogP contribution in [0.2, 0.25) is 0 Å². The third-order valence-electron chi connectivity index (χ3n) is 0. The first-order valence-corrected chi connectivity index (χ1v) is 4.69. The summed E-state index contributed by atoms with van der Waals surface area (Å²) in [4.78, 5) is 0. The molecule has 42 valence electrons. The summed E-state index contributed by atoms with van der Waals surface area (Å²) in [6, 6.07) is 0. The van der Waals surface area contributed by atoms with Crippen molar-refractivity contribution >= 4 is 19.0 Å². The largest absolute Gasteiger partial charge is 0 e. The van der Waals surface area contributed by atoms with E-state index in [2.05, 4.69) is 0 Å². The van der Waals surface area contributed by atoms with Crippen molar-refractivity contribution in [1.82, 2.24) is 0 Å². The minimum Gasteiger partial charge on any atom is 0 e. The summed E-state index contributed by atoms with van der Waals surface area (Å²) in [6.45, 7) is 0. The molecule has 0 aliphatic rings. The van der Waals surface area contributed by atoms with E-state index in [4.69, 9.17) is 13.2 Å². The fourth-order valence-corrected chi connectivity index (χ4v) is 0. The zero-order valence-corrected chi connectivity index (χ0v) is 6.79. The zero-order valence-electron chi connectivity index (χ0n) is 2.44. The van der Waals surface area contributed by atoms with Gasteiger partial charge >= 0.3 is 32.1 Å². The molecule has 0 atom stereocenters. The van der Waals surface area contributed by atoms with Crippen LogP contribution in [-0.2, 0) is 6.21 Å². The average Bonchev–Trinajstić information content (AvgIpc) is 0.722. The van der Waals surface area contributed by atoms with Gasteiger partial charge in [-0.3, -0.25) is 0 Å². The molecule has 4 nitrogen and oxygen atoms in total. The standard InChI is InChI=1S/Dy.H2O4Te/c;1-5(2,3)4/h;(H2,1,2,3,4). The van der Waals surface area contributed by atoms with Crippen LogP contribution in [0.3, 0.4) is 0 Å². The van der Waals surface area contributed by atoms with E-state index in [0.29, 0.717) is 0 Å². The van der Waals surface area contributed by atoms with E-state index < -0.39 is 19.0 Å². The molecule has 0 aromatic heterocycles. The maximum atomic E-state index is 8.85. The molecule has 0 saturated carbocycles. The molecule has 0 fully saturated rings. The molecule has 0 spiro atoms. The van der Waals surface area contributed by atoms with Crippen LogP contribution in [0.1, 0.15) is 0 Å². The molecule has 0 aromatic carbocycles. The number of hydrogen-bond acceptors (Lipinski definition) is 2. The van der Waals surface area contributed by atoms with Crippen molar-refractivity contribution in [3.05, 3.63) is 0 Å². The summed E-state index contributed by atoms with van der Waals surface area (Å²) >= 11 is -5.52. The molecule has 0 heterocycles. The molecule has 0 aliphatic heterocycles. The molecule has 0 aliphatic carbocycles. The van der Waals surface area contributed by atoms with Crippen LogP contribution >= 0.6 is 0 Å². The van der Waals surface area contributed by atoms with E-state index in [1.54, 1.807) is 0 Å². The van der Waals surface area contributed by atoms with Crippen molar-refractivity contribution in [3.8, 4) is 0 Å². The molecule has 0 radical (unpaired) electrons. The van der Waals surface area contributed by atoms with Crippen molar-refractivity contribution in [2.45, 2.75) is 0 Å². The maximum absolute atomic E-state index is 8.85. The van der Waals surface area contributed by atoms with Crippen molar-refractivity contribution in [1.29, 1.82) is 0 Å². The Balaban J connectivity index is 0. The molecule has 0 amide bonds.